The molecule has 2 aromatic carbocycles. The van der Waals surface area contributed by atoms with Gasteiger partial charge in [0.15, 0.2) is 0 Å². The zero-order valence-electron chi connectivity index (χ0n) is 22.5. The summed E-state index contributed by atoms with van der Waals surface area (Å²) in [5, 5.41) is 7.23. The molecular formula is C28H28N4O2S. The van der Waals surface area contributed by atoms with Crippen molar-refractivity contribution in [3.63, 3.8) is 0 Å². The molecule has 7 heteroatoms. The zero-order chi connectivity index (χ0) is 26.5. The number of nitrogens with one attached hydrogen (secondary N) is 1. The Morgan fingerprint density at radius 2 is 2.17 bits per heavy atom. The van der Waals surface area contributed by atoms with Crippen LogP contribution in [0.4, 0.5) is 0 Å². The number of ether oxygens (including phenoxy) is 1. The van der Waals surface area contributed by atoms with Crippen LogP contribution in [0.5, 0.6) is 5.75 Å². The van der Waals surface area contributed by atoms with E-state index in [2.05, 4.69) is 33.5 Å². The molecular weight excluding hydrogens is 456 g/mol. The molecule has 6 rings (SSSR count). The van der Waals surface area contributed by atoms with Crippen LogP contribution in [0.1, 0.15) is 44.9 Å². The van der Waals surface area contributed by atoms with Gasteiger partial charge in [-0.3, -0.25) is 14.7 Å². The highest BCUT2D eigenvalue weighted by Gasteiger charge is 2.47. The quantitative estimate of drug-likeness (QED) is 0.390. The van der Waals surface area contributed by atoms with Gasteiger partial charge in [-0.15, -0.1) is 11.3 Å². The number of benzene rings is 2. The average molecular weight is 488 g/mol. The Hall–Kier alpha value is -3.29. The maximum absolute atomic E-state index is 13.6. The number of nitrogens with zero attached hydrogens (tertiary/aromatic N) is 3. The molecule has 6 nitrogen and oxygen atoms in total. The summed E-state index contributed by atoms with van der Waals surface area (Å²) in [6.07, 6.45) is 6.03. The van der Waals surface area contributed by atoms with Crippen molar-refractivity contribution in [1.82, 2.24) is 20.2 Å². The van der Waals surface area contributed by atoms with E-state index >= 15 is 0 Å². The third kappa shape index (κ3) is 4.19. The van der Waals surface area contributed by atoms with Gasteiger partial charge in [0, 0.05) is 44.4 Å². The maximum atomic E-state index is 13.6. The first-order chi connectivity index (χ1) is 18.2. The van der Waals surface area contributed by atoms with Crippen molar-refractivity contribution in [2.45, 2.75) is 37.8 Å². The largest absolute Gasteiger partial charge is 0.492 e. The molecule has 1 atom stereocenters. The van der Waals surface area contributed by atoms with E-state index in [4.69, 9.17) is 8.85 Å². The number of hydrogen-bond acceptors (Lipinski definition) is 6. The van der Waals surface area contributed by atoms with Crippen molar-refractivity contribution in [3.05, 3.63) is 76.9 Å². The molecule has 35 heavy (non-hydrogen) atoms. The van der Waals surface area contributed by atoms with Crippen LogP contribution in [0.3, 0.4) is 0 Å². The topological polar surface area (TPSA) is 67.3 Å². The fraction of sp³-hybridized carbons (Fsp3) is 0.321. The van der Waals surface area contributed by atoms with E-state index in [1.807, 2.05) is 30.5 Å². The third-order valence-corrected chi connectivity index (χ3v) is 7.88. The second kappa shape index (κ2) is 8.73. The fourth-order valence-corrected chi connectivity index (χ4v) is 5.31. The molecule has 0 radical (unpaired) electrons. The normalized spacial score (nSPS) is 20.4. The number of carbonyl (C=O) groups excluding carboxylic acids is 1. The Morgan fingerprint density at radius 3 is 2.91 bits per heavy atom. The lowest BCUT2D eigenvalue weighted by Gasteiger charge is -2.37. The number of aromatic nitrogens is 2. The Balaban J connectivity index is 1.24. The Labute approximate surface area is 213 Å². The Bertz CT molecular complexity index is 1500. The van der Waals surface area contributed by atoms with Gasteiger partial charge in [0.05, 0.1) is 11.1 Å². The molecule has 1 saturated heterocycles. The second-order valence-electron chi connectivity index (χ2n) is 9.39. The van der Waals surface area contributed by atoms with Crippen LogP contribution in [0.2, 0.25) is 0 Å². The summed E-state index contributed by atoms with van der Waals surface area (Å²) in [6.45, 7) is 0.611. The van der Waals surface area contributed by atoms with Gasteiger partial charge in [0.2, 0.25) is 0 Å². The van der Waals surface area contributed by atoms with Crippen LogP contribution in [0.25, 0.3) is 21.5 Å². The van der Waals surface area contributed by atoms with E-state index in [9.17, 15) is 4.79 Å². The molecule has 2 aromatic heterocycles. The first-order valence-corrected chi connectivity index (χ1v) is 12.7. The Kier molecular flexibility index (Phi) is 4.73. The van der Waals surface area contributed by atoms with E-state index in [0.717, 1.165) is 51.9 Å². The average Bonchev–Trinajstić information content (AvgIpc) is 3.42. The molecule has 178 valence electrons. The van der Waals surface area contributed by atoms with Crippen LogP contribution >= 0.6 is 11.3 Å². The van der Waals surface area contributed by atoms with Crippen LogP contribution in [0.15, 0.2) is 60.2 Å². The highest BCUT2D eigenvalue weighted by atomic mass is 32.1. The number of amides is 1. The van der Waals surface area contributed by atoms with Crippen LogP contribution in [0, 0.1) is 6.92 Å². The van der Waals surface area contributed by atoms with Crippen molar-refractivity contribution < 1.29 is 13.6 Å². The maximum Gasteiger partial charge on any atom is 0.252 e. The van der Waals surface area contributed by atoms with Gasteiger partial charge >= 0.3 is 0 Å². The van der Waals surface area contributed by atoms with Gasteiger partial charge < -0.3 is 10.1 Å². The molecule has 0 spiro atoms. The molecule has 1 amide bonds. The highest BCUT2D eigenvalue weighted by molar-refractivity contribution is 7.13. The number of likely N-dealkylation sites (N-methyl/N-ethyl adjacent to an activating group) is 1. The molecule has 4 aromatic rings. The number of thiazole rings is 1. The number of aryl methyl sites for hydroxylation is 1. The lowest BCUT2D eigenvalue weighted by Crippen LogP contribution is -2.48. The summed E-state index contributed by atoms with van der Waals surface area (Å²) in [7, 11) is 0. The van der Waals surface area contributed by atoms with Crippen molar-refractivity contribution >= 4 is 28.1 Å². The monoisotopic (exact) mass is 487 g/mol. The predicted octanol–water partition coefficient (Wildman–Crippen LogP) is 5.17. The van der Waals surface area contributed by atoms with Crippen molar-refractivity contribution in [3.8, 4) is 16.3 Å². The molecule has 2 aliphatic rings. The number of likely N-dealkylation sites (tertiary alicyclic amines) is 1. The molecule has 0 bridgehead atoms. The fourth-order valence-electron chi connectivity index (χ4n) is 4.68. The van der Waals surface area contributed by atoms with E-state index in [-0.39, 0.29) is 18.6 Å². The standard InChI is InChI=1S/C28H28N4O2S/c1-18-5-6-21(34-17-20-7-12-32(20)2)16-23(18)26(33)31-28(8-9-28)24-14-19(27-30-11-13-35-27)15-25-22(24)4-3-10-29-25/h3-6,10-11,13-16,20H,7-9,12,17H2,1-2H3,(H,31,33)/t20-/m0/s1/i2D3. The highest BCUT2D eigenvalue weighted by Crippen LogP contribution is 2.49. The first kappa shape index (κ1) is 19.0. The van der Waals surface area contributed by atoms with Gasteiger partial charge in [-0.1, -0.05) is 12.1 Å². The molecule has 0 unspecified atom stereocenters. The lowest BCUT2D eigenvalue weighted by atomic mass is 9.95. The molecule has 1 aliphatic heterocycles. The van der Waals surface area contributed by atoms with Crippen molar-refractivity contribution in [2.75, 3.05) is 20.1 Å². The minimum atomic E-state index is -2.11. The van der Waals surface area contributed by atoms with Gasteiger partial charge in [-0.2, -0.15) is 0 Å². The van der Waals surface area contributed by atoms with Crippen LogP contribution in [-0.2, 0) is 5.54 Å². The molecule has 1 saturated carbocycles. The van der Waals surface area contributed by atoms with Crippen LogP contribution < -0.4 is 10.1 Å². The predicted molar refractivity (Wildman–Crippen MR) is 139 cm³/mol. The van der Waals surface area contributed by atoms with Crippen molar-refractivity contribution in [1.29, 1.82) is 0 Å². The SMILES string of the molecule is [2H]C([2H])([2H])N1CC[C@H]1COc1ccc(C)c(C(=O)NC2(c3cc(-c4nccs4)cc4ncccc34)CC2)c1. The van der Waals surface area contributed by atoms with Gasteiger partial charge in [0.1, 0.15) is 17.4 Å². The summed E-state index contributed by atoms with van der Waals surface area (Å²) >= 11 is 1.58. The van der Waals surface area contributed by atoms with Gasteiger partial charge in [-0.25, -0.2) is 4.98 Å². The first-order valence-electron chi connectivity index (χ1n) is 13.4. The summed E-state index contributed by atoms with van der Waals surface area (Å²) < 4.78 is 28.8. The summed E-state index contributed by atoms with van der Waals surface area (Å²) in [4.78, 5) is 24.2. The van der Waals surface area contributed by atoms with E-state index < -0.39 is 12.5 Å². The molecule has 1 aliphatic carbocycles. The lowest BCUT2D eigenvalue weighted by molar-refractivity contribution is 0.0767. The molecule has 2 fully saturated rings. The zero-order valence-corrected chi connectivity index (χ0v) is 20.3. The van der Waals surface area contributed by atoms with Crippen LogP contribution in [-0.4, -0.2) is 46.9 Å². The number of pyridine rings is 1. The summed E-state index contributed by atoms with van der Waals surface area (Å²) in [5.41, 5.74) is 3.86. The summed E-state index contributed by atoms with van der Waals surface area (Å²) in [5.74, 6) is 0.401. The van der Waals surface area contributed by atoms with E-state index in [1.165, 1.54) is 4.90 Å². The third-order valence-electron chi connectivity index (χ3n) is 7.06. The number of fused-ring (bicyclic) bond motifs is 1. The van der Waals surface area contributed by atoms with E-state index in [1.54, 1.807) is 29.8 Å². The molecule has 1 N–H and O–H groups in total. The van der Waals surface area contributed by atoms with Gasteiger partial charge in [-0.05, 0) is 81.2 Å². The minimum absolute atomic E-state index is 0.150. The summed E-state index contributed by atoms with van der Waals surface area (Å²) in [6, 6.07) is 13.5. The Morgan fingerprint density at radius 1 is 1.26 bits per heavy atom. The van der Waals surface area contributed by atoms with E-state index in [0.29, 0.717) is 17.9 Å². The molecule has 3 heterocycles. The second-order valence-corrected chi connectivity index (χ2v) is 10.3. The number of hydrogen-bond donors (Lipinski definition) is 1. The number of rotatable bonds is 7. The van der Waals surface area contributed by atoms with Crippen molar-refractivity contribution in [2.24, 2.45) is 0 Å². The smallest absolute Gasteiger partial charge is 0.252 e. The number of carbonyl (C=O) groups is 1. The van der Waals surface area contributed by atoms with Gasteiger partial charge in [0.25, 0.3) is 5.91 Å². The minimum Gasteiger partial charge on any atom is -0.492 e.